The number of anilines is 1. The van der Waals surface area contributed by atoms with E-state index in [1.165, 1.54) is 0 Å². The van der Waals surface area contributed by atoms with Gasteiger partial charge in [0.25, 0.3) is 0 Å². The number of hydrogen-bond donors (Lipinski definition) is 2. The van der Waals surface area contributed by atoms with Crippen molar-refractivity contribution in [3.63, 3.8) is 0 Å². The number of aromatic nitrogens is 2. The van der Waals surface area contributed by atoms with Crippen molar-refractivity contribution < 1.29 is 4.42 Å². The van der Waals surface area contributed by atoms with Crippen LogP contribution in [0.5, 0.6) is 0 Å². The van der Waals surface area contributed by atoms with Gasteiger partial charge in [-0.15, -0.1) is 0 Å². The van der Waals surface area contributed by atoms with Crippen LogP contribution in [0.2, 0.25) is 0 Å². The zero-order chi connectivity index (χ0) is 13.0. The number of hydrogen-bond acceptors (Lipinski definition) is 5. The molecule has 0 radical (unpaired) electrons. The Balaban J connectivity index is 2.08. The second-order valence-corrected chi connectivity index (χ2v) is 4.13. The van der Waals surface area contributed by atoms with Crippen LogP contribution in [-0.4, -0.2) is 15.0 Å². The predicted molar refractivity (Wildman–Crippen MR) is 73.3 cm³/mol. The number of aryl methyl sites for hydroxylation is 1. The molecular formula is C12H14N4OS. The molecule has 0 aliphatic carbocycles. The molecule has 3 N–H and O–H groups in total. The van der Waals surface area contributed by atoms with Crippen LogP contribution < -0.4 is 11.1 Å². The lowest BCUT2D eigenvalue weighted by molar-refractivity contribution is 0.466. The molecule has 0 unspecified atom stereocenters. The largest absolute Gasteiger partial charge is 0.444 e. The summed E-state index contributed by atoms with van der Waals surface area (Å²) in [6.07, 6.45) is 4.22. The Morgan fingerprint density at radius 3 is 3.00 bits per heavy atom. The van der Waals surface area contributed by atoms with Gasteiger partial charge in [0, 0.05) is 12.6 Å². The summed E-state index contributed by atoms with van der Waals surface area (Å²) < 4.78 is 5.50. The first-order valence-corrected chi connectivity index (χ1v) is 6.03. The second-order valence-electron chi connectivity index (χ2n) is 3.69. The number of oxazole rings is 1. The third-order valence-electron chi connectivity index (χ3n) is 2.42. The van der Waals surface area contributed by atoms with Gasteiger partial charge in [0.1, 0.15) is 16.4 Å². The maximum atomic E-state index is 5.60. The van der Waals surface area contributed by atoms with Gasteiger partial charge in [0.15, 0.2) is 0 Å². The van der Waals surface area contributed by atoms with E-state index in [2.05, 4.69) is 15.3 Å². The van der Waals surface area contributed by atoms with Crippen molar-refractivity contribution in [3.05, 3.63) is 41.9 Å². The van der Waals surface area contributed by atoms with Gasteiger partial charge in [-0.25, -0.2) is 4.98 Å². The Morgan fingerprint density at radius 1 is 1.50 bits per heavy atom. The quantitative estimate of drug-likeness (QED) is 0.801. The van der Waals surface area contributed by atoms with Gasteiger partial charge in [-0.2, -0.15) is 0 Å². The molecule has 0 aliphatic heterocycles. The lowest BCUT2D eigenvalue weighted by Gasteiger charge is -2.07. The van der Waals surface area contributed by atoms with Crippen LogP contribution in [-0.2, 0) is 13.0 Å². The number of nitrogens with zero attached hydrogens (tertiary/aromatic N) is 2. The number of nitrogens with two attached hydrogens (primary N) is 1. The Labute approximate surface area is 110 Å². The van der Waals surface area contributed by atoms with Crippen molar-refractivity contribution in [2.24, 2.45) is 5.73 Å². The molecule has 2 aromatic rings. The van der Waals surface area contributed by atoms with Crippen LogP contribution in [0, 0.1) is 0 Å². The van der Waals surface area contributed by atoms with Crippen LogP contribution in [0.1, 0.15) is 24.3 Å². The van der Waals surface area contributed by atoms with Gasteiger partial charge in [-0.05, 0) is 12.1 Å². The van der Waals surface area contributed by atoms with E-state index in [1.807, 2.05) is 19.1 Å². The maximum absolute atomic E-state index is 5.60. The lowest BCUT2D eigenvalue weighted by atomic mass is 10.3. The highest BCUT2D eigenvalue weighted by Crippen LogP contribution is 2.13. The monoisotopic (exact) mass is 262 g/mol. The van der Waals surface area contributed by atoms with Gasteiger partial charge < -0.3 is 15.5 Å². The molecule has 6 heteroatoms. The third kappa shape index (κ3) is 2.84. The molecular weight excluding hydrogens is 248 g/mol. The van der Waals surface area contributed by atoms with E-state index < -0.39 is 0 Å². The molecule has 2 heterocycles. The highest BCUT2D eigenvalue weighted by Gasteiger charge is 2.07. The van der Waals surface area contributed by atoms with Crippen LogP contribution in [0.4, 0.5) is 5.69 Å². The minimum atomic E-state index is 0.264. The van der Waals surface area contributed by atoms with Gasteiger partial charge in [0.2, 0.25) is 5.89 Å². The van der Waals surface area contributed by atoms with Crippen LogP contribution in [0.25, 0.3) is 0 Å². The topological polar surface area (TPSA) is 77.0 Å². The lowest BCUT2D eigenvalue weighted by Crippen LogP contribution is -2.15. The Hall–Kier alpha value is -1.95. The normalized spacial score (nSPS) is 10.3. The summed E-state index contributed by atoms with van der Waals surface area (Å²) in [7, 11) is 0. The highest BCUT2D eigenvalue weighted by atomic mass is 32.1. The van der Waals surface area contributed by atoms with E-state index >= 15 is 0 Å². The van der Waals surface area contributed by atoms with E-state index in [-0.39, 0.29) is 4.99 Å². The highest BCUT2D eigenvalue weighted by molar-refractivity contribution is 7.80. The predicted octanol–water partition coefficient (Wildman–Crippen LogP) is 1.88. The van der Waals surface area contributed by atoms with Gasteiger partial charge >= 0.3 is 0 Å². The standard InChI is InChI=1S/C12H14N4OS/c1-2-8-6-16-10(17-8)7-15-9-4-3-5-14-11(9)12(13)18/h3-6,15H,2,7H2,1H3,(H2,13,18). The van der Waals surface area contributed by atoms with Gasteiger partial charge in [-0.1, -0.05) is 19.1 Å². The first kappa shape index (κ1) is 12.5. The van der Waals surface area contributed by atoms with Gasteiger partial charge in [0.05, 0.1) is 18.4 Å². The van der Waals surface area contributed by atoms with Crippen LogP contribution >= 0.6 is 12.2 Å². The molecule has 0 atom stereocenters. The molecule has 18 heavy (non-hydrogen) atoms. The Morgan fingerprint density at radius 2 is 2.33 bits per heavy atom. The fourth-order valence-corrected chi connectivity index (χ4v) is 1.67. The average Bonchev–Trinajstić information content (AvgIpc) is 2.84. The Kier molecular flexibility index (Phi) is 3.88. The van der Waals surface area contributed by atoms with E-state index in [0.29, 0.717) is 18.1 Å². The average molecular weight is 262 g/mol. The van der Waals surface area contributed by atoms with Crippen molar-refractivity contribution in [2.45, 2.75) is 19.9 Å². The first-order valence-electron chi connectivity index (χ1n) is 5.63. The van der Waals surface area contributed by atoms with Crippen molar-refractivity contribution in [1.82, 2.24) is 9.97 Å². The maximum Gasteiger partial charge on any atom is 0.213 e. The van der Waals surface area contributed by atoms with E-state index in [0.717, 1.165) is 17.9 Å². The Bertz CT molecular complexity index is 553. The molecule has 0 saturated heterocycles. The molecule has 0 fully saturated rings. The molecule has 5 nitrogen and oxygen atoms in total. The fraction of sp³-hybridized carbons (Fsp3) is 0.250. The molecule has 0 aliphatic rings. The summed E-state index contributed by atoms with van der Waals surface area (Å²) >= 11 is 4.94. The van der Waals surface area contributed by atoms with E-state index in [1.54, 1.807) is 12.4 Å². The molecule has 0 saturated carbocycles. The van der Waals surface area contributed by atoms with Crippen LogP contribution in [0.15, 0.2) is 28.9 Å². The zero-order valence-corrected chi connectivity index (χ0v) is 10.8. The summed E-state index contributed by atoms with van der Waals surface area (Å²) in [4.78, 5) is 8.56. The molecule has 0 bridgehead atoms. The molecule has 0 amide bonds. The van der Waals surface area contributed by atoms with Crippen molar-refractivity contribution >= 4 is 22.9 Å². The third-order valence-corrected chi connectivity index (χ3v) is 2.61. The van der Waals surface area contributed by atoms with Crippen molar-refractivity contribution in [2.75, 3.05) is 5.32 Å². The van der Waals surface area contributed by atoms with Crippen LogP contribution in [0.3, 0.4) is 0 Å². The molecule has 0 spiro atoms. The summed E-state index contributed by atoms with van der Waals surface area (Å²) in [5.41, 5.74) is 6.96. The summed E-state index contributed by atoms with van der Waals surface area (Å²) in [6.45, 7) is 2.49. The fourth-order valence-electron chi connectivity index (χ4n) is 1.51. The van der Waals surface area contributed by atoms with Crippen molar-refractivity contribution in [3.8, 4) is 0 Å². The minimum Gasteiger partial charge on any atom is -0.444 e. The second kappa shape index (κ2) is 5.59. The number of thiocarbonyl (C=S) groups is 1. The zero-order valence-electron chi connectivity index (χ0n) is 10.0. The number of nitrogens with one attached hydrogen (secondary N) is 1. The van der Waals surface area contributed by atoms with Gasteiger partial charge in [-0.3, -0.25) is 4.98 Å². The number of rotatable bonds is 5. The molecule has 2 aromatic heterocycles. The number of pyridine rings is 1. The first-order chi connectivity index (χ1) is 8.70. The molecule has 94 valence electrons. The smallest absolute Gasteiger partial charge is 0.213 e. The minimum absolute atomic E-state index is 0.264. The summed E-state index contributed by atoms with van der Waals surface area (Å²) in [5, 5.41) is 3.16. The van der Waals surface area contributed by atoms with E-state index in [9.17, 15) is 0 Å². The summed E-state index contributed by atoms with van der Waals surface area (Å²) in [5.74, 6) is 1.50. The van der Waals surface area contributed by atoms with E-state index in [4.69, 9.17) is 22.4 Å². The SMILES string of the molecule is CCc1cnc(CNc2cccnc2C(N)=S)o1. The van der Waals surface area contributed by atoms with Crippen molar-refractivity contribution in [1.29, 1.82) is 0 Å². The summed E-state index contributed by atoms with van der Waals surface area (Å²) in [6, 6.07) is 3.68. The molecule has 0 aromatic carbocycles. The molecule has 2 rings (SSSR count).